The Morgan fingerprint density at radius 2 is 1.80 bits per heavy atom. The van der Waals surface area contributed by atoms with Crippen LogP contribution in [0.4, 0.5) is 4.79 Å². The molecule has 0 saturated carbocycles. The zero-order valence-electron chi connectivity index (χ0n) is 9.38. The molecule has 1 fully saturated rings. The van der Waals surface area contributed by atoms with Gasteiger partial charge in [-0.2, -0.15) is 0 Å². The Morgan fingerprint density at radius 1 is 1.20 bits per heavy atom. The summed E-state index contributed by atoms with van der Waals surface area (Å²) in [6.45, 7) is 3.35. The van der Waals surface area contributed by atoms with E-state index in [-0.39, 0.29) is 11.9 Å². The largest absolute Gasteiger partial charge is 0.341 e. The number of hydrogen-bond donors (Lipinski definition) is 2. The molecule has 5 heteroatoms. The van der Waals surface area contributed by atoms with Crippen molar-refractivity contribution in [3.63, 3.8) is 0 Å². The predicted molar refractivity (Wildman–Crippen MR) is 57.5 cm³/mol. The van der Waals surface area contributed by atoms with Crippen LogP contribution in [0.1, 0.15) is 26.2 Å². The van der Waals surface area contributed by atoms with Gasteiger partial charge in [0.1, 0.15) is 6.04 Å². The Hall–Kier alpha value is -1.26. The van der Waals surface area contributed by atoms with E-state index in [0.717, 1.165) is 25.9 Å². The van der Waals surface area contributed by atoms with Gasteiger partial charge in [-0.1, -0.05) is 0 Å². The van der Waals surface area contributed by atoms with Crippen LogP contribution in [0.2, 0.25) is 0 Å². The summed E-state index contributed by atoms with van der Waals surface area (Å²) < 4.78 is 0. The minimum absolute atomic E-state index is 0.0123. The molecule has 0 aromatic heterocycles. The molecule has 2 N–H and O–H groups in total. The van der Waals surface area contributed by atoms with Gasteiger partial charge >= 0.3 is 6.03 Å². The zero-order valence-corrected chi connectivity index (χ0v) is 9.38. The summed E-state index contributed by atoms with van der Waals surface area (Å²) in [4.78, 5) is 24.7. The minimum atomic E-state index is -0.442. The number of carbonyl (C=O) groups is 2. The topological polar surface area (TPSA) is 61.4 Å². The Kier molecular flexibility index (Phi) is 4.39. The number of nitrogens with one attached hydrogen (secondary N) is 2. The van der Waals surface area contributed by atoms with Crippen molar-refractivity contribution < 1.29 is 9.59 Å². The average Bonchev–Trinajstić information content (AvgIpc) is 2.29. The van der Waals surface area contributed by atoms with Crippen molar-refractivity contribution in [1.29, 1.82) is 0 Å². The van der Waals surface area contributed by atoms with Gasteiger partial charge in [0.05, 0.1) is 0 Å². The average molecular weight is 213 g/mol. The van der Waals surface area contributed by atoms with Crippen molar-refractivity contribution in [2.75, 3.05) is 20.1 Å². The number of carbonyl (C=O) groups excluding carboxylic acids is 2. The van der Waals surface area contributed by atoms with E-state index in [9.17, 15) is 9.59 Å². The van der Waals surface area contributed by atoms with Gasteiger partial charge in [0, 0.05) is 20.1 Å². The van der Waals surface area contributed by atoms with Crippen molar-refractivity contribution in [3.8, 4) is 0 Å². The first kappa shape index (κ1) is 11.8. The van der Waals surface area contributed by atoms with E-state index in [1.807, 2.05) is 4.90 Å². The molecule has 1 aliphatic rings. The molecule has 1 atom stereocenters. The zero-order chi connectivity index (χ0) is 11.3. The molecular weight excluding hydrogens is 194 g/mol. The molecule has 0 aromatic rings. The molecule has 15 heavy (non-hydrogen) atoms. The molecule has 1 aliphatic heterocycles. The van der Waals surface area contributed by atoms with E-state index in [4.69, 9.17) is 0 Å². The highest BCUT2D eigenvalue weighted by Crippen LogP contribution is 2.09. The van der Waals surface area contributed by atoms with Crippen molar-refractivity contribution in [3.05, 3.63) is 0 Å². The van der Waals surface area contributed by atoms with Crippen LogP contribution >= 0.6 is 0 Å². The van der Waals surface area contributed by atoms with Crippen LogP contribution in [0.5, 0.6) is 0 Å². The van der Waals surface area contributed by atoms with Crippen molar-refractivity contribution in [2.24, 2.45) is 0 Å². The highest BCUT2D eigenvalue weighted by atomic mass is 16.2. The fourth-order valence-electron chi connectivity index (χ4n) is 1.72. The van der Waals surface area contributed by atoms with Gasteiger partial charge in [0.25, 0.3) is 0 Å². The molecular formula is C10H19N3O2. The monoisotopic (exact) mass is 213 g/mol. The molecule has 1 saturated heterocycles. The third-order valence-electron chi connectivity index (χ3n) is 2.61. The molecule has 0 aliphatic carbocycles. The number of piperidine rings is 1. The highest BCUT2D eigenvalue weighted by molar-refractivity contribution is 5.86. The van der Waals surface area contributed by atoms with Gasteiger partial charge in [-0.15, -0.1) is 0 Å². The Labute approximate surface area is 90.2 Å². The van der Waals surface area contributed by atoms with Crippen LogP contribution in [0, 0.1) is 0 Å². The van der Waals surface area contributed by atoms with Crippen LogP contribution in [-0.2, 0) is 4.79 Å². The molecule has 1 rings (SSSR count). The summed E-state index contributed by atoms with van der Waals surface area (Å²) >= 11 is 0. The van der Waals surface area contributed by atoms with Crippen LogP contribution in [0.25, 0.3) is 0 Å². The van der Waals surface area contributed by atoms with Crippen molar-refractivity contribution in [2.45, 2.75) is 32.2 Å². The van der Waals surface area contributed by atoms with Crippen molar-refractivity contribution >= 4 is 11.9 Å². The Morgan fingerprint density at radius 3 is 2.33 bits per heavy atom. The number of likely N-dealkylation sites (tertiary alicyclic amines) is 1. The summed E-state index contributed by atoms with van der Waals surface area (Å²) in [5, 5.41) is 5.02. The predicted octanol–water partition coefficient (Wildman–Crippen LogP) is 0.316. The fraction of sp³-hybridized carbons (Fsp3) is 0.800. The normalized spacial score (nSPS) is 18.1. The fourth-order valence-corrected chi connectivity index (χ4v) is 1.72. The lowest BCUT2D eigenvalue weighted by Crippen LogP contribution is -2.50. The maximum absolute atomic E-state index is 11.8. The maximum Gasteiger partial charge on any atom is 0.315 e. The van der Waals surface area contributed by atoms with Crippen LogP contribution in [0.3, 0.4) is 0 Å². The second-order valence-electron chi connectivity index (χ2n) is 3.83. The molecule has 0 unspecified atom stereocenters. The summed E-state index contributed by atoms with van der Waals surface area (Å²) in [7, 11) is 1.54. The minimum Gasteiger partial charge on any atom is -0.341 e. The smallest absolute Gasteiger partial charge is 0.315 e. The number of urea groups is 1. The molecule has 1 heterocycles. The number of amides is 3. The standard InChI is InChI=1S/C10H19N3O2/c1-8(12-10(15)11-2)9(14)13-6-4-3-5-7-13/h8H,3-7H2,1-2H3,(H2,11,12,15)/t8-/m1/s1. The van der Waals surface area contributed by atoms with Crippen LogP contribution in [-0.4, -0.2) is 43.0 Å². The summed E-state index contributed by atoms with van der Waals surface area (Å²) in [5.74, 6) is 0.0123. The van der Waals surface area contributed by atoms with E-state index < -0.39 is 6.04 Å². The first-order valence-electron chi connectivity index (χ1n) is 5.42. The Bertz CT molecular complexity index is 237. The van der Waals surface area contributed by atoms with Gasteiger partial charge in [-0.05, 0) is 26.2 Å². The quantitative estimate of drug-likeness (QED) is 0.693. The van der Waals surface area contributed by atoms with Gasteiger partial charge in [0.2, 0.25) is 5.91 Å². The molecule has 86 valence electrons. The van der Waals surface area contributed by atoms with Gasteiger partial charge in [0.15, 0.2) is 0 Å². The van der Waals surface area contributed by atoms with Crippen LogP contribution in [0.15, 0.2) is 0 Å². The molecule has 0 spiro atoms. The first-order valence-corrected chi connectivity index (χ1v) is 5.42. The number of rotatable bonds is 2. The summed E-state index contributed by atoms with van der Waals surface area (Å²) in [6, 6.07) is -0.754. The molecule has 0 radical (unpaired) electrons. The van der Waals surface area contributed by atoms with E-state index in [2.05, 4.69) is 10.6 Å². The molecule has 3 amide bonds. The van der Waals surface area contributed by atoms with Gasteiger partial charge < -0.3 is 15.5 Å². The van der Waals surface area contributed by atoms with Crippen molar-refractivity contribution in [1.82, 2.24) is 15.5 Å². The van der Waals surface area contributed by atoms with E-state index in [0.29, 0.717) is 0 Å². The first-order chi connectivity index (χ1) is 7.15. The third-order valence-corrected chi connectivity index (χ3v) is 2.61. The van der Waals surface area contributed by atoms with E-state index in [1.165, 1.54) is 13.5 Å². The van der Waals surface area contributed by atoms with E-state index in [1.54, 1.807) is 6.92 Å². The summed E-state index contributed by atoms with van der Waals surface area (Å²) in [6.07, 6.45) is 3.33. The highest BCUT2D eigenvalue weighted by Gasteiger charge is 2.22. The summed E-state index contributed by atoms with van der Waals surface area (Å²) in [5.41, 5.74) is 0. The maximum atomic E-state index is 11.8. The van der Waals surface area contributed by atoms with Gasteiger partial charge in [-0.3, -0.25) is 4.79 Å². The lowest BCUT2D eigenvalue weighted by Gasteiger charge is -2.29. The van der Waals surface area contributed by atoms with E-state index >= 15 is 0 Å². The van der Waals surface area contributed by atoms with Gasteiger partial charge in [-0.25, -0.2) is 4.79 Å². The molecule has 5 nitrogen and oxygen atoms in total. The number of nitrogens with zero attached hydrogens (tertiary/aromatic N) is 1. The molecule has 0 aromatic carbocycles. The second-order valence-corrected chi connectivity index (χ2v) is 3.83. The molecule has 0 bridgehead atoms. The third kappa shape index (κ3) is 3.42. The van der Waals surface area contributed by atoms with Crippen LogP contribution < -0.4 is 10.6 Å². The SMILES string of the molecule is CNC(=O)N[C@H](C)C(=O)N1CCCCC1. The Balaban J connectivity index is 2.40. The lowest BCUT2D eigenvalue weighted by molar-refractivity contribution is -0.133. The number of hydrogen-bond acceptors (Lipinski definition) is 2. The lowest BCUT2D eigenvalue weighted by atomic mass is 10.1. The second kappa shape index (κ2) is 5.58.